The first kappa shape index (κ1) is 14.2. The van der Waals surface area contributed by atoms with E-state index >= 15 is 0 Å². The Labute approximate surface area is 98.4 Å². The van der Waals surface area contributed by atoms with Crippen LogP contribution in [-0.4, -0.2) is 68.7 Å². The van der Waals surface area contributed by atoms with Gasteiger partial charge in [-0.2, -0.15) is 0 Å². The van der Waals surface area contributed by atoms with Gasteiger partial charge in [0.1, 0.15) is 29.9 Å². The molecule has 6 nitrogen and oxygen atoms in total. The summed E-state index contributed by atoms with van der Waals surface area (Å²) >= 11 is 1.21. The standard InChI is InChI=1S/C9H19NO5S/c1-3(11)4(10)8-6(13)5(12)7(14)9(15-8)16-2/h3-9,11-14H,10H2,1-2H3/t3?,4-,5+,6-,7-,8-,9-/m1/s1. The number of hydrogen-bond donors (Lipinski definition) is 5. The summed E-state index contributed by atoms with van der Waals surface area (Å²) in [7, 11) is 0. The third-order valence-electron chi connectivity index (χ3n) is 2.78. The van der Waals surface area contributed by atoms with Gasteiger partial charge in [0.15, 0.2) is 0 Å². The van der Waals surface area contributed by atoms with Gasteiger partial charge < -0.3 is 30.9 Å². The summed E-state index contributed by atoms with van der Waals surface area (Å²) in [6.45, 7) is 1.48. The molecule has 1 unspecified atom stereocenters. The zero-order chi connectivity index (χ0) is 12.5. The maximum Gasteiger partial charge on any atom is 0.132 e. The van der Waals surface area contributed by atoms with E-state index in [2.05, 4.69) is 0 Å². The van der Waals surface area contributed by atoms with Crippen molar-refractivity contribution in [3.63, 3.8) is 0 Å². The molecule has 0 amide bonds. The van der Waals surface area contributed by atoms with E-state index in [0.717, 1.165) is 0 Å². The van der Waals surface area contributed by atoms with Gasteiger partial charge in [-0.15, -0.1) is 11.8 Å². The maximum absolute atomic E-state index is 9.71. The monoisotopic (exact) mass is 253 g/mol. The van der Waals surface area contributed by atoms with E-state index in [1.807, 2.05) is 0 Å². The van der Waals surface area contributed by atoms with Crippen molar-refractivity contribution in [3.05, 3.63) is 0 Å². The van der Waals surface area contributed by atoms with Crippen molar-refractivity contribution in [2.45, 2.75) is 48.9 Å². The fraction of sp³-hybridized carbons (Fsp3) is 1.00. The van der Waals surface area contributed by atoms with Crippen LogP contribution in [0.5, 0.6) is 0 Å². The Bertz CT molecular complexity index is 228. The zero-order valence-electron chi connectivity index (χ0n) is 9.22. The molecule has 1 rings (SSSR count). The summed E-state index contributed by atoms with van der Waals surface area (Å²) in [4.78, 5) is 0. The van der Waals surface area contributed by atoms with Crippen LogP contribution in [0, 0.1) is 0 Å². The second kappa shape index (κ2) is 5.63. The van der Waals surface area contributed by atoms with Gasteiger partial charge in [0.25, 0.3) is 0 Å². The average molecular weight is 253 g/mol. The lowest BCUT2D eigenvalue weighted by Crippen LogP contribution is -2.63. The van der Waals surface area contributed by atoms with Crippen LogP contribution in [0.2, 0.25) is 0 Å². The van der Waals surface area contributed by atoms with Crippen molar-refractivity contribution in [2.24, 2.45) is 5.73 Å². The number of aliphatic hydroxyl groups is 4. The molecule has 0 aromatic heterocycles. The molecule has 0 spiro atoms. The normalized spacial score (nSPS) is 44.1. The predicted molar refractivity (Wildman–Crippen MR) is 59.9 cm³/mol. The number of thioether (sulfide) groups is 1. The van der Waals surface area contributed by atoms with Crippen molar-refractivity contribution >= 4 is 11.8 Å². The number of aliphatic hydroxyl groups excluding tert-OH is 4. The summed E-state index contributed by atoms with van der Waals surface area (Å²) in [6, 6.07) is -0.813. The van der Waals surface area contributed by atoms with Crippen molar-refractivity contribution < 1.29 is 25.2 Å². The summed E-state index contributed by atoms with van der Waals surface area (Å²) in [5.74, 6) is 0. The smallest absolute Gasteiger partial charge is 0.132 e. The van der Waals surface area contributed by atoms with E-state index in [9.17, 15) is 20.4 Å². The van der Waals surface area contributed by atoms with Crippen molar-refractivity contribution in [1.82, 2.24) is 0 Å². The van der Waals surface area contributed by atoms with Crippen molar-refractivity contribution in [2.75, 3.05) is 6.26 Å². The Kier molecular flexibility index (Phi) is 4.99. The predicted octanol–water partition coefficient (Wildman–Crippen LogP) is -2.13. The number of nitrogens with two attached hydrogens (primary N) is 1. The van der Waals surface area contributed by atoms with Gasteiger partial charge in [-0.25, -0.2) is 0 Å². The highest BCUT2D eigenvalue weighted by molar-refractivity contribution is 7.99. The van der Waals surface area contributed by atoms with E-state index in [0.29, 0.717) is 0 Å². The van der Waals surface area contributed by atoms with Gasteiger partial charge >= 0.3 is 0 Å². The number of hydrogen-bond acceptors (Lipinski definition) is 7. The minimum Gasteiger partial charge on any atom is -0.392 e. The summed E-state index contributed by atoms with van der Waals surface area (Å²) in [6.07, 6.45) is -3.84. The molecule has 7 heteroatoms. The number of ether oxygens (including phenoxy) is 1. The highest BCUT2D eigenvalue weighted by atomic mass is 32.2. The van der Waals surface area contributed by atoms with Crippen molar-refractivity contribution in [1.29, 1.82) is 0 Å². The molecule has 96 valence electrons. The lowest BCUT2D eigenvalue weighted by molar-refractivity contribution is -0.207. The molecule has 0 radical (unpaired) electrons. The Balaban J connectivity index is 2.78. The van der Waals surface area contributed by atoms with Gasteiger partial charge in [-0.1, -0.05) is 0 Å². The van der Waals surface area contributed by atoms with E-state index < -0.39 is 42.0 Å². The second-order valence-electron chi connectivity index (χ2n) is 3.99. The van der Waals surface area contributed by atoms with Crippen LogP contribution in [0.1, 0.15) is 6.92 Å². The summed E-state index contributed by atoms with van der Waals surface area (Å²) < 4.78 is 5.37. The molecule has 0 bridgehead atoms. The Hall–Kier alpha value is 0.110. The first-order valence-corrected chi connectivity index (χ1v) is 6.35. The molecular weight excluding hydrogens is 234 g/mol. The van der Waals surface area contributed by atoms with E-state index in [1.54, 1.807) is 6.26 Å². The second-order valence-corrected chi connectivity index (χ2v) is 4.93. The van der Waals surface area contributed by atoms with Crippen LogP contribution >= 0.6 is 11.8 Å². The van der Waals surface area contributed by atoms with Crippen LogP contribution < -0.4 is 5.73 Å². The maximum atomic E-state index is 9.71. The molecule has 1 saturated heterocycles. The lowest BCUT2D eigenvalue weighted by atomic mass is 9.93. The van der Waals surface area contributed by atoms with Crippen molar-refractivity contribution in [3.8, 4) is 0 Å². The Morgan fingerprint density at radius 2 is 1.75 bits per heavy atom. The Morgan fingerprint density at radius 1 is 1.19 bits per heavy atom. The van der Waals surface area contributed by atoms with Gasteiger partial charge in [0.2, 0.25) is 0 Å². The fourth-order valence-corrected chi connectivity index (χ4v) is 2.34. The van der Waals surface area contributed by atoms with Crippen LogP contribution in [0.3, 0.4) is 0 Å². The molecule has 1 aliphatic rings. The lowest BCUT2D eigenvalue weighted by Gasteiger charge is -2.42. The fourth-order valence-electron chi connectivity index (χ4n) is 1.66. The molecule has 0 saturated carbocycles. The molecule has 0 aromatic rings. The molecule has 6 N–H and O–H groups in total. The minimum atomic E-state index is -1.32. The Morgan fingerprint density at radius 3 is 2.19 bits per heavy atom. The van der Waals surface area contributed by atoms with Gasteiger partial charge in [0, 0.05) is 0 Å². The molecule has 16 heavy (non-hydrogen) atoms. The summed E-state index contributed by atoms with van der Waals surface area (Å²) in [5.41, 5.74) is 5.01. The summed E-state index contributed by atoms with van der Waals surface area (Å²) in [5, 5.41) is 38.2. The van der Waals surface area contributed by atoms with Gasteiger partial charge in [-0.05, 0) is 13.2 Å². The zero-order valence-corrected chi connectivity index (χ0v) is 10.0. The first-order valence-electron chi connectivity index (χ1n) is 5.06. The third kappa shape index (κ3) is 2.67. The molecule has 0 aliphatic carbocycles. The molecule has 1 fully saturated rings. The van der Waals surface area contributed by atoms with Crippen LogP contribution in [0.4, 0.5) is 0 Å². The van der Waals surface area contributed by atoms with Crippen LogP contribution in [0.15, 0.2) is 0 Å². The molecular formula is C9H19NO5S. The topological polar surface area (TPSA) is 116 Å². The molecule has 1 heterocycles. The molecule has 0 aromatic carbocycles. The highest BCUT2D eigenvalue weighted by Gasteiger charge is 2.46. The largest absolute Gasteiger partial charge is 0.392 e. The number of rotatable bonds is 3. The van der Waals surface area contributed by atoms with Crippen LogP contribution in [-0.2, 0) is 4.74 Å². The average Bonchev–Trinajstić information content (AvgIpc) is 2.25. The first-order chi connectivity index (χ1) is 7.40. The minimum absolute atomic E-state index is 0.659. The van der Waals surface area contributed by atoms with E-state index in [4.69, 9.17) is 10.5 Å². The SMILES string of the molecule is CS[C@H]1O[C@H]([C@H](N)C(C)O)[C@H](O)[C@H](O)[C@H]1O. The quantitative estimate of drug-likeness (QED) is 0.390. The van der Waals surface area contributed by atoms with Gasteiger partial charge in [0.05, 0.1) is 12.1 Å². The highest BCUT2D eigenvalue weighted by Crippen LogP contribution is 2.28. The molecule has 7 atom stereocenters. The van der Waals surface area contributed by atoms with E-state index in [1.165, 1.54) is 18.7 Å². The van der Waals surface area contributed by atoms with E-state index in [-0.39, 0.29) is 0 Å². The van der Waals surface area contributed by atoms with Gasteiger partial charge in [-0.3, -0.25) is 0 Å². The van der Waals surface area contributed by atoms with Crippen LogP contribution in [0.25, 0.3) is 0 Å². The third-order valence-corrected chi connectivity index (χ3v) is 3.63. The molecule has 1 aliphatic heterocycles.